The van der Waals surface area contributed by atoms with Crippen molar-refractivity contribution in [2.45, 2.75) is 12.8 Å². The molecular formula is C4H10N2S2. The quantitative estimate of drug-likeness (QED) is 0.320. The topological polar surface area (TPSA) is 29.3 Å². The molecule has 48 valence electrons. The maximum Gasteiger partial charge on any atom is 0.0251 e. The molecule has 0 atom stereocenters. The van der Waals surface area contributed by atoms with Crippen LogP contribution in [0.15, 0.2) is 0 Å². The van der Waals surface area contributed by atoms with Gasteiger partial charge in [0.2, 0.25) is 0 Å². The second kappa shape index (κ2) is 3.61. The Balaban J connectivity index is 2.17. The molecule has 1 aliphatic heterocycles. The van der Waals surface area contributed by atoms with E-state index < -0.39 is 0 Å². The van der Waals surface area contributed by atoms with E-state index in [2.05, 4.69) is 0 Å². The first-order valence-corrected chi connectivity index (χ1v) is 4.99. The SMILES string of the molecule is NN1CCCCSS1. The van der Waals surface area contributed by atoms with Crippen LogP contribution in [0.2, 0.25) is 0 Å². The van der Waals surface area contributed by atoms with Crippen molar-refractivity contribution in [2.75, 3.05) is 12.3 Å². The molecule has 0 bridgehead atoms. The van der Waals surface area contributed by atoms with E-state index in [1.807, 2.05) is 10.8 Å². The fourth-order valence-corrected chi connectivity index (χ4v) is 2.51. The molecule has 2 nitrogen and oxygen atoms in total. The van der Waals surface area contributed by atoms with Crippen LogP contribution in [0, 0.1) is 0 Å². The van der Waals surface area contributed by atoms with Gasteiger partial charge < -0.3 is 0 Å². The fourth-order valence-electron chi connectivity index (χ4n) is 0.571. The Morgan fingerprint density at radius 2 is 2.25 bits per heavy atom. The zero-order valence-electron chi connectivity index (χ0n) is 4.67. The summed E-state index contributed by atoms with van der Waals surface area (Å²) in [5, 5.41) is 0. The molecule has 0 amide bonds. The van der Waals surface area contributed by atoms with E-state index in [0.29, 0.717) is 0 Å². The van der Waals surface area contributed by atoms with Gasteiger partial charge in [-0.05, 0) is 12.8 Å². The van der Waals surface area contributed by atoms with Crippen molar-refractivity contribution < 1.29 is 0 Å². The van der Waals surface area contributed by atoms with Gasteiger partial charge in [0.05, 0.1) is 0 Å². The van der Waals surface area contributed by atoms with Gasteiger partial charge in [-0.25, -0.2) is 0 Å². The van der Waals surface area contributed by atoms with Crippen molar-refractivity contribution in [3.8, 4) is 0 Å². The average molecular weight is 150 g/mol. The summed E-state index contributed by atoms with van der Waals surface area (Å²) in [5.41, 5.74) is 0. The summed E-state index contributed by atoms with van der Waals surface area (Å²) >= 11 is 0. The minimum atomic E-state index is 1.04. The zero-order valence-corrected chi connectivity index (χ0v) is 6.30. The molecule has 0 aromatic rings. The lowest BCUT2D eigenvalue weighted by atomic mass is 10.3. The van der Waals surface area contributed by atoms with Crippen LogP contribution in [-0.2, 0) is 0 Å². The van der Waals surface area contributed by atoms with Crippen molar-refractivity contribution in [3.63, 3.8) is 0 Å². The first kappa shape index (κ1) is 6.74. The number of rotatable bonds is 0. The van der Waals surface area contributed by atoms with E-state index in [9.17, 15) is 0 Å². The van der Waals surface area contributed by atoms with Gasteiger partial charge >= 0.3 is 0 Å². The van der Waals surface area contributed by atoms with Crippen LogP contribution in [0.4, 0.5) is 0 Å². The highest BCUT2D eigenvalue weighted by Crippen LogP contribution is 2.27. The molecule has 0 radical (unpaired) electrons. The minimum Gasteiger partial charge on any atom is -0.258 e. The predicted molar refractivity (Wildman–Crippen MR) is 40.2 cm³/mol. The van der Waals surface area contributed by atoms with Crippen LogP contribution in [0.3, 0.4) is 0 Å². The molecule has 0 saturated carbocycles. The molecule has 2 N–H and O–H groups in total. The standard InChI is InChI=1S/C4H10N2S2/c5-6-3-1-2-4-7-8-6/h1-5H2. The molecule has 1 fully saturated rings. The summed E-state index contributed by atoms with van der Waals surface area (Å²) in [6.07, 6.45) is 2.56. The van der Waals surface area contributed by atoms with Gasteiger partial charge in [-0.15, -0.1) is 0 Å². The predicted octanol–water partition coefficient (Wildman–Crippen LogP) is 1.25. The Labute approximate surface area is 57.7 Å². The molecular weight excluding hydrogens is 140 g/mol. The van der Waals surface area contributed by atoms with Gasteiger partial charge in [0.1, 0.15) is 0 Å². The smallest absolute Gasteiger partial charge is 0.0251 e. The van der Waals surface area contributed by atoms with E-state index in [1.165, 1.54) is 18.6 Å². The molecule has 0 aromatic carbocycles. The third kappa shape index (κ3) is 2.26. The lowest BCUT2D eigenvalue weighted by Gasteiger charge is -2.07. The van der Waals surface area contributed by atoms with Gasteiger partial charge in [-0.3, -0.25) is 5.84 Å². The van der Waals surface area contributed by atoms with Crippen LogP contribution in [-0.4, -0.2) is 16.7 Å². The van der Waals surface area contributed by atoms with E-state index in [1.54, 1.807) is 15.4 Å². The van der Waals surface area contributed by atoms with Crippen molar-refractivity contribution in [3.05, 3.63) is 0 Å². The van der Waals surface area contributed by atoms with Crippen molar-refractivity contribution in [1.82, 2.24) is 4.41 Å². The zero-order chi connectivity index (χ0) is 5.82. The van der Waals surface area contributed by atoms with E-state index in [0.717, 1.165) is 6.54 Å². The molecule has 1 heterocycles. The number of hydrogen-bond donors (Lipinski definition) is 1. The van der Waals surface area contributed by atoms with Crippen LogP contribution in [0.25, 0.3) is 0 Å². The maximum atomic E-state index is 5.51. The number of hydrazine groups is 1. The highest BCUT2D eigenvalue weighted by molar-refractivity contribution is 8.75. The number of nitrogens with zero attached hydrogens (tertiary/aromatic N) is 1. The summed E-state index contributed by atoms with van der Waals surface area (Å²) in [6.45, 7) is 1.04. The maximum absolute atomic E-state index is 5.51. The molecule has 8 heavy (non-hydrogen) atoms. The molecule has 0 aromatic heterocycles. The van der Waals surface area contributed by atoms with E-state index in [-0.39, 0.29) is 0 Å². The monoisotopic (exact) mass is 150 g/mol. The molecule has 1 aliphatic rings. The summed E-state index contributed by atoms with van der Waals surface area (Å²) in [6, 6.07) is 0. The Kier molecular flexibility index (Phi) is 3.04. The van der Waals surface area contributed by atoms with Crippen LogP contribution in [0.1, 0.15) is 12.8 Å². The van der Waals surface area contributed by atoms with Crippen LogP contribution in [0.5, 0.6) is 0 Å². The molecule has 1 saturated heterocycles. The Morgan fingerprint density at radius 3 is 3.12 bits per heavy atom. The van der Waals surface area contributed by atoms with Gasteiger partial charge in [-0.1, -0.05) is 10.8 Å². The highest BCUT2D eigenvalue weighted by atomic mass is 33.1. The van der Waals surface area contributed by atoms with Gasteiger partial charge in [0, 0.05) is 23.3 Å². The van der Waals surface area contributed by atoms with E-state index >= 15 is 0 Å². The second-order valence-electron chi connectivity index (χ2n) is 1.74. The third-order valence-corrected chi connectivity index (χ3v) is 3.33. The largest absolute Gasteiger partial charge is 0.258 e. The third-order valence-electron chi connectivity index (χ3n) is 1.00. The van der Waals surface area contributed by atoms with Crippen LogP contribution >= 0.6 is 21.8 Å². The highest BCUT2D eigenvalue weighted by Gasteiger charge is 2.03. The average Bonchev–Trinajstić information content (AvgIpc) is 1.94. The normalized spacial score (nSPS) is 25.1. The molecule has 0 aliphatic carbocycles. The summed E-state index contributed by atoms with van der Waals surface area (Å²) in [5.74, 6) is 6.76. The van der Waals surface area contributed by atoms with Gasteiger partial charge in [-0.2, -0.15) is 4.41 Å². The Bertz CT molecular complexity index is 61.1. The summed E-state index contributed by atoms with van der Waals surface area (Å²) in [4.78, 5) is 0. The molecule has 4 heteroatoms. The lowest BCUT2D eigenvalue weighted by Crippen LogP contribution is -2.22. The summed E-state index contributed by atoms with van der Waals surface area (Å²) < 4.78 is 1.80. The first-order valence-electron chi connectivity index (χ1n) is 2.71. The van der Waals surface area contributed by atoms with Crippen LogP contribution < -0.4 is 5.84 Å². The molecule has 0 spiro atoms. The lowest BCUT2D eigenvalue weighted by molar-refractivity contribution is 0.487. The number of nitrogens with two attached hydrogens (primary N) is 1. The Morgan fingerprint density at radius 1 is 1.38 bits per heavy atom. The number of hydrogen-bond acceptors (Lipinski definition) is 4. The minimum absolute atomic E-state index is 1.04. The van der Waals surface area contributed by atoms with Gasteiger partial charge in [0.15, 0.2) is 0 Å². The summed E-state index contributed by atoms with van der Waals surface area (Å²) in [7, 11) is 3.51. The fraction of sp³-hybridized carbons (Fsp3) is 1.00. The van der Waals surface area contributed by atoms with Crippen molar-refractivity contribution >= 4 is 21.8 Å². The first-order chi connectivity index (χ1) is 3.89. The second-order valence-corrected chi connectivity index (χ2v) is 4.16. The van der Waals surface area contributed by atoms with Crippen molar-refractivity contribution in [2.24, 2.45) is 5.84 Å². The van der Waals surface area contributed by atoms with E-state index in [4.69, 9.17) is 5.84 Å². The van der Waals surface area contributed by atoms with Gasteiger partial charge in [0.25, 0.3) is 0 Å². The molecule has 1 rings (SSSR count). The van der Waals surface area contributed by atoms with Crippen molar-refractivity contribution in [1.29, 1.82) is 0 Å². The Hall–Kier alpha value is 0.620. The molecule has 0 unspecified atom stereocenters.